The van der Waals surface area contributed by atoms with Crippen LogP contribution in [-0.2, 0) is 14.1 Å². The minimum absolute atomic E-state index is 0.319. The predicted molar refractivity (Wildman–Crippen MR) is 115 cm³/mol. The second-order valence-electron chi connectivity index (χ2n) is 7.51. The van der Waals surface area contributed by atoms with E-state index in [-0.39, 0.29) is 11.2 Å². The third kappa shape index (κ3) is 2.66. The highest BCUT2D eigenvalue weighted by molar-refractivity contribution is 5.94. The average molecular weight is 403 g/mol. The standard InChI is InChI=1S/C23H21N3O4/c1-14-4-6-15(7-5-14)21-20-17(24(2)23(28)25(3)22(20)27)13-26(21)16-8-9-18-19(12-16)30-11-10-29-18/h4-9,12-13H,10-11H2,1-3H3. The van der Waals surface area contributed by atoms with E-state index in [1.54, 1.807) is 7.05 Å². The Bertz CT molecular complexity index is 1410. The van der Waals surface area contributed by atoms with Gasteiger partial charge in [-0.05, 0) is 24.6 Å². The van der Waals surface area contributed by atoms with Gasteiger partial charge in [-0.2, -0.15) is 0 Å². The lowest BCUT2D eigenvalue weighted by Crippen LogP contribution is -2.36. The van der Waals surface area contributed by atoms with E-state index >= 15 is 0 Å². The SMILES string of the molecule is Cc1ccc(-c2c3c(=O)n(C)c(=O)n(C)c3cn2-c2ccc3c(c2)OCCO3)cc1. The van der Waals surface area contributed by atoms with Gasteiger partial charge in [0.15, 0.2) is 11.5 Å². The highest BCUT2D eigenvalue weighted by atomic mass is 16.6. The molecule has 0 amide bonds. The van der Waals surface area contributed by atoms with Crippen LogP contribution in [0, 0.1) is 6.92 Å². The van der Waals surface area contributed by atoms with Crippen LogP contribution in [0.1, 0.15) is 5.56 Å². The number of nitrogens with zero attached hydrogens (tertiary/aromatic N) is 3. The van der Waals surface area contributed by atoms with Gasteiger partial charge in [-0.3, -0.25) is 13.9 Å². The Morgan fingerprint density at radius 1 is 0.867 bits per heavy atom. The molecule has 2 aromatic heterocycles. The zero-order chi connectivity index (χ0) is 21.0. The molecule has 1 aliphatic heterocycles. The van der Waals surface area contributed by atoms with Crippen LogP contribution in [0.25, 0.3) is 27.8 Å². The summed E-state index contributed by atoms with van der Waals surface area (Å²) < 4.78 is 16.0. The Kier molecular flexibility index (Phi) is 4.06. The van der Waals surface area contributed by atoms with E-state index in [1.165, 1.54) is 11.6 Å². The van der Waals surface area contributed by atoms with Crippen molar-refractivity contribution in [2.75, 3.05) is 13.2 Å². The second-order valence-corrected chi connectivity index (χ2v) is 7.51. The highest BCUT2D eigenvalue weighted by Gasteiger charge is 2.21. The van der Waals surface area contributed by atoms with E-state index in [2.05, 4.69) is 0 Å². The molecule has 0 unspecified atom stereocenters. The first kappa shape index (κ1) is 18.3. The highest BCUT2D eigenvalue weighted by Crippen LogP contribution is 2.36. The van der Waals surface area contributed by atoms with Crippen LogP contribution in [0.4, 0.5) is 0 Å². The molecule has 7 nitrogen and oxygen atoms in total. The van der Waals surface area contributed by atoms with Gasteiger partial charge < -0.3 is 14.0 Å². The summed E-state index contributed by atoms with van der Waals surface area (Å²) in [7, 11) is 3.18. The van der Waals surface area contributed by atoms with Crippen molar-refractivity contribution in [2.24, 2.45) is 14.1 Å². The fraction of sp³-hybridized carbons (Fsp3) is 0.217. The van der Waals surface area contributed by atoms with E-state index in [0.29, 0.717) is 35.6 Å². The van der Waals surface area contributed by atoms with Crippen molar-refractivity contribution in [2.45, 2.75) is 6.92 Å². The number of hydrogen-bond donors (Lipinski definition) is 0. The Hall–Kier alpha value is -3.74. The molecular weight excluding hydrogens is 382 g/mol. The van der Waals surface area contributed by atoms with Gasteiger partial charge >= 0.3 is 5.69 Å². The van der Waals surface area contributed by atoms with Gasteiger partial charge in [0.25, 0.3) is 5.56 Å². The normalized spacial score (nSPS) is 13.0. The number of ether oxygens (including phenoxy) is 2. The average Bonchev–Trinajstić information content (AvgIpc) is 3.17. The number of rotatable bonds is 2. The molecule has 4 aromatic rings. The molecule has 0 saturated carbocycles. The molecule has 3 heterocycles. The molecule has 0 radical (unpaired) electrons. The number of aromatic nitrogens is 3. The smallest absolute Gasteiger partial charge is 0.330 e. The van der Waals surface area contributed by atoms with Crippen molar-refractivity contribution >= 4 is 10.9 Å². The van der Waals surface area contributed by atoms with E-state index in [1.807, 2.05) is 60.2 Å². The zero-order valence-corrected chi connectivity index (χ0v) is 17.0. The summed E-state index contributed by atoms with van der Waals surface area (Å²) in [5, 5.41) is 0.498. The molecule has 0 saturated heterocycles. The van der Waals surface area contributed by atoms with Crippen LogP contribution in [0.2, 0.25) is 0 Å². The minimum atomic E-state index is -0.359. The van der Waals surface area contributed by atoms with Crippen molar-refractivity contribution in [1.29, 1.82) is 0 Å². The molecule has 0 bridgehead atoms. The van der Waals surface area contributed by atoms with Crippen LogP contribution in [0.3, 0.4) is 0 Å². The fourth-order valence-corrected chi connectivity index (χ4v) is 3.92. The van der Waals surface area contributed by atoms with Crippen molar-refractivity contribution in [3.63, 3.8) is 0 Å². The summed E-state index contributed by atoms with van der Waals surface area (Å²) in [6.07, 6.45) is 1.83. The molecule has 1 aliphatic rings. The third-order valence-electron chi connectivity index (χ3n) is 5.57. The van der Waals surface area contributed by atoms with E-state index in [9.17, 15) is 9.59 Å². The number of aryl methyl sites for hydroxylation is 2. The van der Waals surface area contributed by atoms with E-state index in [4.69, 9.17) is 9.47 Å². The summed E-state index contributed by atoms with van der Waals surface area (Å²) in [5.74, 6) is 1.36. The molecule has 0 atom stereocenters. The van der Waals surface area contributed by atoms with Gasteiger partial charge in [0.2, 0.25) is 0 Å². The number of benzene rings is 2. The van der Waals surface area contributed by atoms with Gasteiger partial charge in [0.1, 0.15) is 13.2 Å². The second kappa shape index (κ2) is 6.66. The molecule has 2 aromatic carbocycles. The van der Waals surface area contributed by atoms with Gasteiger partial charge in [-0.1, -0.05) is 29.8 Å². The maximum absolute atomic E-state index is 13.1. The molecule has 0 aliphatic carbocycles. The number of hydrogen-bond acceptors (Lipinski definition) is 4. The summed E-state index contributed by atoms with van der Waals surface area (Å²) in [6, 6.07) is 13.7. The molecule has 0 fully saturated rings. The monoisotopic (exact) mass is 403 g/mol. The minimum Gasteiger partial charge on any atom is -0.486 e. The van der Waals surface area contributed by atoms with Crippen molar-refractivity contribution in [1.82, 2.24) is 13.7 Å². The molecule has 7 heteroatoms. The molecular formula is C23H21N3O4. The molecule has 5 rings (SSSR count). The van der Waals surface area contributed by atoms with E-state index < -0.39 is 0 Å². The van der Waals surface area contributed by atoms with Gasteiger partial charge in [-0.15, -0.1) is 0 Å². The van der Waals surface area contributed by atoms with Crippen LogP contribution < -0.4 is 20.7 Å². The van der Waals surface area contributed by atoms with Crippen molar-refractivity contribution < 1.29 is 9.47 Å². The van der Waals surface area contributed by atoms with Gasteiger partial charge in [0.05, 0.1) is 16.6 Å². The maximum atomic E-state index is 13.1. The molecule has 30 heavy (non-hydrogen) atoms. The van der Waals surface area contributed by atoms with Crippen LogP contribution in [0.5, 0.6) is 11.5 Å². The number of fused-ring (bicyclic) bond motifs is 2. The maximum Gasteiger partial charge on any atom is 0.330 e. The zero-order valence-electron chi connectivity index (χ0n) is 17.0. The van der Waals surface area contributed by atoms with Crippen LogP contribution >= 0.6 is 0 Å². The Balaban J connectivity index is 1.88. The molecule has 152 valence electrons. The third-order valence-corrected chi connectivity index (χ3v) is 5.57. The first-order valence-electron chi connectivity index (χ1n) is 9.74. The van der Waals surface area contributed by atoms with E-state index in [0.717, 1.165) is 27.1 Å². The molecule has 0 spiro atoms. The van der Waals surface area contributed by atoms with Crippen LogP contribution in [0.15, 0.2) is 58.3 Å². The summed E-state index contributed by atoms with van der Waals surface area (Å²) >= 11 is 0. The lowest BCUT2D eigenvalue weighted by atomic mass is 10.1. The quantitative estimate of drug-likeness (QED) is 0.516. The van der Waals surface area contributed by atoms with Crippen molar-refractivity contribution in [3.05, 3.63) is 75.1 Å². The summed E-state index contributed by atoms with van der Waals surface area (Å²) in [5.41, 5.74) is 3.47. The lowest BCUT2D eigenvalue weighted by molar-refractivity contribution is 0.171. The first-order chi connectivity index (χ1) is 14.5. The largest absolute Gasteiger partial charge is 0.486 e. The Labute approximate surface area is 172 Å². The van der Waals surface area contributed by atoms with Gasteiger partial charge in [0, 0.05) is 32.0 Å². The Morgan fingerprint density at radius 2 is 1.57 bits per heavy atom. The first-order valence-corrected chi connectivity index (χ1v) is 9.74. The molecule has 0 N–H and O–H groups in total. The van der Waals surface area contributed by atoms with Gasteiger partial charge in [-0.25, -0.2) is 4.79 Å². The lowest BCUT2D eigenvalue weighted by Gasteiger charge is -2.19. The summed E-state index contributed by atoms with van der Waals surface area (Å²) in [6.45, 7) is 3.03. The van der Waals surface area contributed by atoms with Crippen LogP contribution in [-0.4, -0.2) is 26.9 Å². The summed E-state index contributed by atoms with van der Waals surface area (Å²) in [4.78, 5) is 25.6. The Morgan fingerprint density at radius 3 is 2.30 bits per heavy atom. The predicted octanol–water partition coefficient (Wildman–Crippen LogP) is 2.77. The topological polar surface area (TPSA) is 67.4 Å². The van der Waals surface area contributed by atoms with Crippen molar-refractivity contribution in [3.8, 4) is 28.4 Å². The fourth-order valence-electron chi connectivity index (χ4n) is 3.92.